The van der Waals surface area contributed by atoms with Crippen LogP contribution in [0.2, 0.25) is 0 Å². The number of anilines is 1. The molecule has 1 atom stereocenters. The highest BCUT2D eigenvalue weighted by molar-refractivity contribution is 7.15. The van der Waals surface area contributed by atoms with E-state index in [2.05, 4.69) is 15.4 Å². The van der Waals surface area contributed by atoms with Crippen molar-refractivity contribution in [2.75, 3.05) is 18.5 Å². The predicted octanol–water partition coefficient (Wildman–Crippen LogP) is 4.60. The molecule has 1 aromatic heterocycles. The van der Waals surface area contributed by atoms with Crippen molar-refractivity contribution in [1.29, 1.82) is 0 Å². The zero-order valence-electron chi connectivity index (χ0n) is 20.3. The lowest BCUT2D eigenvalue weighted by Crippen LogP contribution is -2.42. The minimum absolute atomic E-state index is 0.108. The van der Waals surface area contributed by atoms with E-state index in [-0.39, 0.29) is 22.9 Å². The van der Waals surface area contributed by atoms with Crippen LogP contribution in [0.15, 0.2) is 60.0 Å². The van der Waals surface area contributed by atoms with Crippen LogP contribution in [0, 0.1) is 0 Å². The van der Waals surface area contributed by atoms with Gasteiger partial charge in [0.25, 0.3) is 5.91 Å². The fourth-order valence-electron chi connectivity index (χ4n) is 4.00. The third-order valence-electron chi connectivity index (χ3n) is 5.84. The first kappa shape index (κ1) is 26.7. The number of alkyl halides is 2. The molecule has 4 amide bonds. The molecule has 1 saturated heterocycles. The fraction of sp³-hybridized carbons (Fsp3) is 0.231. The minimum Gasteiger partial charge on any atom is -0.462 e. The molecule has 4 rings (SSSR count). The maximum absolute atomic E-state index is 13.2. The zero-order chi connectivity index (χ0) is 27.4. The highest BCUT2D eigenvalue weighted by Crippen LogP contribution is 2.36. The van der Waals surface area contributed by atoms with E-state index in [0.717, 1.165) is 21.8 Å². The summed E-state index contributed by atoms with van der Waals surface area (Å²) in [4.78, 5) is 52.2. The highest BCUT2D eigenvalue weighted by Gasteiger charge is 2.49. The molecule has 3 aromatic rings. The van der Waals surface area contributed by atoms with Crippen LogP contribution in [0.3, 0.4) is 0 Å². The van der Waals surface area contributed by atoms with Crippen LogP contribution in [-0.4, -0.2) is 48.5 Å². The molecule has 2 aromatic carbocycles. The number of thiophene rings is 1. The molecule has 2 heterocycles. The van der Waals surface area contributed by atoms with Gasteiger partial charge in [0.2, 0.25) is 5.91 Å². The first-order chi connectivity index (χ1) is 18.1. The van der Waals surface area contributed by atoms with Crippen molar-refractivity contribution in [1.82, 2.24) is 10.2 Å². The number of hydrogen-bond acceptors (Lipinski definition) is 7. The Morgan fingerprint density at radius 3 is 2.42 bits per heavy atom. The average Bonchev–Trinajstić information content (AvgIpc) is 3.39. The molecule has 0 saturated carbocycles. The second kappa shape index (κ2) is 11.0. The van der Waals surface area contributed by atoms with E-state index in [1.807, 2.05) is 30.3 Å². The molecular weight excluding hydrogens is 520 g/mol. The number of urea groups is 1. The molecule has 0 spiro atoms. The quantitative estimate of drug-likeness (QED) is 0.301. The van der Waals surface area contributed by atoms with Gasteiger partial charge < -0.3 is 20.1 Å². The lowest BCUT2D eigenvalue weighted by atomic mass is 9.92. The number of benzene rings is 2. The van der Waals surface area contributed by atoms with Crippen molar-refractivity contribution >= 4 is 40.2 Å². The molecule has 38 heavy (non-hydrogen) atoms. The molecule has 1 aliphatic heterocycles. The Hall–Kier alpha value is -4.32. The molecule has 0 bridgehead atoms. The Morgan fingerprint density at radius 2 is 1.79 bits per heavy atom. The summed E-state index contributed by atoms with van der Waals surface area (Å²) in [6.45, 7) is -0.383. The largest absolute Gasteiger partial charge is 0.462 e. The molecule has 0 aliphatic carbocycles. The minimum atomic E-state index is -3.00. The number of imide groups is 1. The summed E-state index contributed by atoms with van der Waals surface area (Å²) in [5.74, 6) is -2.14. The van der Waals surface area contributed by atoms with Crippen molar-refractivity contribution in [2.45, 2.75) is 26.0 Å². The van der Waals surface area contributed by atoms with Gasteiger partial charge in [-0.2, -0.15) is 8.78 Å². The maximum atomic E-state index is 13.2. The predicted molar refractivity (Wildman–Crippen MR) is 135 cm³/mol. The van der Waals surface area contributed by atoms with Gasteiger partial charge in [-0.15, -0.1) is 11.3 Å². The number of nitrogens with one attached hydrogen (secondary N) is 2. The number of ether oxygens (including phenoxy) is 2. The van der Waals surface area contributed by atoms with E-state index in [9.17, 15) is 28.0 Å². The van der Waals surface area contributed by atoms with Gasteiger partial charge in [0.05, 0.1) is 6.61 Å². The molecule has 12 heteroatoms. The van der Waals surface area contributed by atoms with Gasteiger partial charge >= 0.3 is 18.6 Å². The normalized spacial score (nSPS) is 16.9. The number of carbonyl (C=O) groups excluding carboxylic acids is 4. The van der Waals surface area contributed by atoms with E-state index in [4.69, 9.17) is 4.74 Å². The summed E-state index contributed by atoms with van der Waals surface area (Å²) < 4.78 is 34.4. The van der Waals surface area contributed by atoms with Gasteiger partial charge in [0.1, 0.15) is 28.4 Å². The molecular formula is C26H23F2N3O6S. The van der Waals surface area contributed by atoms with E-state index < -0.39 is 42.5 Å². The summed E-state index contributed by atoms with van der Waals surface area (Å²) in [5.41, 5.74) is 0.286. The standard InChI is InChI=1S/C26H23F2N3O6S/c1-3-36-22(33)20-18(15-7-5-4-6-8-15)14-38-21(20)29-19(32)13-31-23(34)26(2,30-25(31)35)16-9-11-17(12-10-16)37-24(27)28/h4-12,14,24H,3,13H2,1-2H3,(H,29,32)(H,30,35)/t26-/m1/s1. The van der Waals surface area contributed by atoms with Crippen molar-refractivity contribution in [3.63, 3.8) is 0 Å². The second-order valence-electron chi connectivity index (χ2n) is 8.34. The first-order valence-corrected chi connectivity index (χ1v) is 12.3. The molecule has 198 valence electrons. The van der Waals surface area contributed by atoms with Crippen LogP contribution in [0.4, 0.5) is 18.6 Å². The fourth-order valence-corrected chi connectivity index (χ4v) is 4.98. The maximum Gasteiger partial charge on any atom is 0.387 e. The Labute approximate surface area is 220 Å². The Balaban J connectivity index is 1.52. The monoisotopic (exact) mass is 543 g/mol. The molecule has 0 radical (unpaired) electrons. The number of rotatable bonds is 9. The van der Waals surface area contributed by atoms with E-state index in [1.165, 1.54) is 31.2 Å². The van der Waals surface area contributed by atoms with Crippen molar-refractivity contribution in [2.24, 2.45) is 0 Å². The average molecular weight is 544 g/mol. The lowest BCUT2D eigenvalue weighted by Gasteiger charge is -2.22. The highest BCUT2D eigenvalue weighted by atomic mass is 32.1. The van der Waals surface area contributed by atoms with Crippen molar-refractivity contribution in [3.05, 3.63) is 71.1 Å². The topological polar surface area (TPSA) is 114 Å². The SMILES string of the molecule is CCOC(=O)c1c(-c2ccccc2)csc1NC(=O)CN1C(=O)N[C@](C)(c2ccc(OC(F)F)cc2)C1=O. The van der Waals surface area contributed by atoms with Crippen molar-refractivity contribution in [3.8, 4) is 16.9 Å². The molecule has 1 aliphatic rings. The number of carbonyl (C=O) groups is 4. The van der Waals surface area contributed by atoms with Gasteiger partial charge in [0, 0.05) is 10.9 Å². The summed E-state index contributed by atoms with van der Waals surface area (Å²) in [6, 6.07) is 13.5. The Kier molecular flexibility index (Phi) is 7.72. The summed E-state index contributed by atoms with van der Waals surface area (Å²) in [7, 11) is 0. The second-order valence-corrected chi connectivity index (χ2v) is 9.22. The molecule has 2 N–H and O–H groups in total. The lowest BCUT2D eigenvalue weighted by molar-refractivity contribution is -0.133. The number of halogens is 2. The van der Waals surface area contributed by atoms with Gasteiger partial charge in [-0.3, -0.25) is 14.5 Å². The zero-order valence-corrected chi connectivity index (χ0v) is 21.1. The Morgan fingerprint density at radius 1 is 1.11 bits per heavy atom. The van der Waals surface area contributed by atoms with Crippen LogP contribution in [0.25, 0.3) is 11.1 Å². The third-order valence-corrected chi connectivity index (χ3v) is 6.74. The first-order valence-electron chi connectivity index (χ1n) is 11.5. The number of nitrogens with zero attached hydrogens (tertiary/aromatic N) is 1. The molecule has 9 nitrogen and oxygen atoms in total. The number of esters is 1. The van der Waals surface area contributed by atoms with Gasteiger partial charge in [0.15, 0.2) is 0 Å². The molecule has 1 fully saturated rings. The summed E-state index contributed by atoms with van der Waals surface area (Å²) in [6.07, 6.45) is 0. The van der Waals surface area contributed by atoms with Crippen LogP contribution in [0.5, 0.6) is 5.75 Å². The van der Waals surface area contributed by atoms with Crippen LogP contribution in [-0.2, 0) is 19.9 Å². The van der Waals surface area contributed by atoms with Crippen LogP contribution >= 0.6 is 11.3 Å². The summed E-state index contributed by atoms with van der Waals surface area (Å²) in [5, 5.41) is 7.09. The summed E-state index contributed by atoms with van der Waals surface area (Å²) >= 11 is 1.11. The molecule has 0 unspecified atom stereocenters. The van der Waals surface area contributed by atoms with E-state index in [1.54, 1.807) is 12.3 Å². The van der Waals surface area contributed by atoms with E-state index in [0.29, 0.717) is 11.1 Å². The van der Waals surface area contributed by atoms with Gasteiger partial charge in [-0.1, -0.05) is 42.5 Å². The smallest absolute Gasteiger partial charge is 0.387 e. The van der Waals surface area contributed by atoms with Gasteiger partial charge in [-0.25, -0.2) is 9.59 Å². The number of hydrogen-bond donors (Lipinski definition) is 2. The van der Waals surface area contributed by atoms with E-state index >= 15 is 0 Å². The van der Waals surface area contributed by atoms with Gasteiger partial charge in [-0.05, 0) is 37.1 Å². The number of amides is 4. The third kappa shape index (κ3) is 5.35. The van der Waals surface area contributed by atoms with Crippen LogP contribution < -0.4 is 15.4 Å². The van der Waals surface area contributed by atoms with Crippen LogP contribution in [0.1, 0.15) is 29.8 Å². The Bertz CT molecular complexity index is 1360. The van der Waals surface area contributed by atoms with Crippen molar-refractivity contribution < 1.29 is 37.4 Å².